The van der Waals surface area contributed by atoms with E-state index in [2.05, 4.69) is 5.32 Å². The van der Waals surface area contributed by atoms with Crippen LogP contribution >= 0.6 is 0 Å². The molecule has 0 radical (unpaired) electrons. The number of hydrogen-bond donors (Lipinski definition) is 1. The van der Waals surface area contributed by atoms with Crippen LogP contribution in [0.2, 0.25) is 0 Å². The van der Waals surface area contributed by atoms with Crippen molar-refractivity contribution >= 4 is 23.7 Å². The lowest BCUT2D eigenvalue weighted by molar-refractivity contribution is -0.154. The molecule has 8 heteroatoms. The van der Waals surface area contributed by atoms with Gasteiger partial charge >= 0.3 is 5.97 Å². The fourth-order valence-corrected chi connectivity index (χ4v) is 6.26. The number of esters is 1. The molecule has 2 aliphatic heterocycles. The van der Waals surface area contributed by atoms with E-state index in [1.165, 1.54) is 12.0 Å². The Morgan fingerprint density at radius 2 is 1.51 bits per heavy atom. The molecule has 0 bridgehead atoms. The number of likely N-dealkylation sites (tertiary alicyclic amines) is 1. The Bertz CT molecular complexity index is 1430. The number of ether oxygens (including phenoxy) is 1. The third-order valence-electron chi connectivity index (χ3n) is 8.29. The lowest BCUT2D eigenvalue weighted by Crippen LogP contribution is -2.59. The van der Waals surface area contributed by atoms with Crippen molar-refractivity contribution in [3.8, 4) is 0 Å². The highest BCUT2D eigenvalue weighted by Crippen LogP contribution is 2.46. The predicted molar refractivity (Wildman–Crippen MR) is 154 cm³/mol. The number of carbonyl (C=O) groups is 4. The van der Waals surface area contributed by atoms with Crippen LogP contribution in [0.15, 0.2) is 84.9 Å². The summed E-state index contributed by atoms with van der Waals surface area (Å²) in [5, 5.41) is 3.39. The number of nitrogens with zero attached hydrogens (tertiary/aromatic N) is 2. The summed E-state index contributed by atoms with van der Waals surface area (Å²) in [6.07, 6.45) is 0.161. The van der Waals surface area contributed by atoms with Gasteiger partial charge in [-0.2, -0.15) is 0 Å². The van der Waals surface area contributed by atoms with Crippen LogP contribution in [-0.2, 0) is 32.1 Å². The summed E-state index contributed by atoms with van der Waals surface area (Å²) < 4.78 is 5.30. The highest BCUT2D eigenvalue weighted by atomic mass is 16.5. The van der Waals surface area contributed by atoms with E-state index in [0.717, 1.165) is 16.7 Å². The van der Waals surface area contributed by atoms with E-state index >= 15 is 0 Å². The molecule has 3 aromatic carbocycles. The minimum Gasteiger partial charge on any atom is -0.468 e. The first kappa shape index (κ1) is 28.2. The zero-order chi connectivity index (χ0) is 29.1. The van der Waals surface area contributed by atoms with E-state index in [-0.39, 0.29) is 31.3 Å². The summed E-state index contributed by atoms with van der Waals surface area (Å²) in [6, 6.07) is 25.4. The van der Waals surface area contributed by atoms with Gasteiger partial charge in [-0.15, -0.1) is 0 Å². The van der Waals surface area contributed by atoms with Gasteiger partial charge in [0.1, 0.15) is 5.54 Å². The van der Waals surface area contributed by atoms with E-state index in [1.54, 1.807) is 17.0 Å². The molecule has 5 rings (SSSR count). The van der Waals surface area contributed by atoms with Crippen LogP contribution in [-0.4, -0.2) is 65.3 Å². The number of fused-ring (bicyclic) bond motifs is 1. The molecule has 0 unspecified atom stereocenters. The van der Waals surface area contributed by atoms with E-state index in [9.17, 15) is 19.2 Å². The van der Waals surface area contributed by atoms with Crippen LogP contribution in [0.4, 0.5) is 0 Å². The SMILES string of the molecule is CCN(C[C@H]1N[C@@](Cc2ccccc2)(C(=O)OC)[C@H]2C(=O)N(Cc3ccccc3)C(=O)[C@@H]12)C(=O)c1ccc(C)cc1. The van der Waals surface area contributed by atoms with Crippen molar-refractivity contribution in [3.63, 3.8) is 0 Å². The molecular formula is C33H35N3O5. The highest BCUT2D eigenvalue weighted by molar-refractivity contribution is 6.09. The van der Waals surface area contributed by atoms with Gasteiger partial charge in [-0.3, -0.25) is 29.4 Å². The Balaban J connectivity index is 1.54. The number of hydrogen-bond acceptors (Lipinski definition) is 6. The van der Waals surface area contributed by atoms with E-state index in [0.29, 0.717) is 12.1 Å². The lowest BCUT2D eigenvalue weighted by Gasteiger charge is -2.33. The maximum atomic E-state index is 14.1. The van der Waals surface area contributed by atoms with Crippen molar-refractivity contribution in [2.24, 2.45) is 11.8 Å². The van der Waals surface area contributed by atoms with Crippen LogP contribution in [0, 0.1) is 18.8 Å². The first-order valence-electron chi connectivity index (χ1n) is 13.9. The average Bonchev–Trinajstić information content (AvgIpc) is 3.45. The number of amides is 3. The monoisotopic (exact) mass is 553 g/mol. The quantitative estimate of drug-likeness (QED) is 0.323. The van der Waals surface area contributed by atoms with Gasteiger partial charge in [0.15, 0.2) is 0 Å². The van der Waals surface area contributed by atoms with Crippen LogP contribution < -0.4 is 5.32 Å². The summed E-state index contributed by atoms with van der Waals surface area (Å²) >= 11 is 0. The Morgan fingerprint density at radius 3 is 2.10 bits per heavy atom. The Hall–Kier alpha value is -4.30. The molecule has 0 saturated carbocycles. The molecule has 41 heavy (non-hydrogen) atoms. The third kappa shape index (κ3) is 5.27. The topological polar surface area (TPSA) is 96.0 Å². The molecule has 2 saturated heterocycles. The van der Waals surface area contributed by atoms with Gasteiger partial charge < -0.3 is 9.64 Å². The lowest BCUT2D eigenvalue weighted by atomic mass is 9.76. The van der Waals surface area contributed by atoms with Crippen molar-refractivity contribution in [1.82, 2.24) is 15.1 Å². The number of carbonyl (C=O) groups excluding carboxylic acids is 4. The molecule has 4 atom stereocenters. The number of likely N-dealkylation sites (N-methyl/N-ethyl adjacent to an activating group) is 1. The molecule has 212 valence electrons. The van der Waals surface area contributed by atoms with Gasteiger partial charge in [0.2, 0.25) is 11.8 Å². The van der Waals surface area contributed by atoms with E-state index < -0.39 is 35.3 Å². The first-order chi connectivity index (χ1) is 19.8. The number of imide groups is 1. The van der Waals surface area contributed by atoms with Crippen LogP contribution in [0.5, 0.6) is 0 Å². The molecule has 0 aliphatic carbocycles. The normalized spacial score (nSPS) is 23.4. The van der Waals surface area contributed by atoms with Crippen LogP contribution in [0.1, 0.15) is 34.0 Å². The highest BCUT2D eigenvalue weighted by Gasteiger charge is 2.68. The molecular weight excluding hydrogens is 518 g/mol. The van der Waals surface area contributed by atoms with Gasteiger partial charge in [0.05, 0.1) is 25.5 Å². The van der Waals surface area contributed by atoms with Crippen molar-refractivity contribution in [2.75, 3.05) is 20.2 Å². The van der Waals surface area contributed by atoms with Crippen molar-refractivity contribution in [3.05, 3.63) is 107 Å². The number of rotatable bonds is 9. The average molecular weight is 554 g/mol. The summed E-state index contributed by atoms with van der Waals surface area (Å²) in [5.74, 6) is -3.36. The second kappa shape index (κ2) is 11.7. The number of nitrogens with one attached hydrogen (secondary N) is 1. The van der Waals surface area contributed by atoms with Gasteiger partial charge in [0.25, 0.3) is 5.91 Å². The van der Waals surface area contributed by atoms with Gasteiger partial charge in [-0.25, -0.2) is 0 Å². The van der Waals surface area contributed by atoms with Crippen LogP contribution in [0.25, 0.3) is 0 Å². The molecule has 3 amide bonds. The van der Waals surface area contributed by atoms with Gasteiger partial charge in [-0.1, -0.05) is 78.4 Å². The Kier molecular flexibility index (Phi) is 8.03. The number of methoxy groups -OCH3 is 1. The van der Waals surface area contributed by atoms with E-state index in [1.807, 2.05) is 86.6 Å². The Morgan fingerprint density at radius 1 is 0.902 bits per heavy atom. The molecule has 2 heterocycles. The maximum Gasteiger partial charge on any atom is 0.327 e. The largest absolute Gasteiger partial charge is 0.468 e. The van der Waals surface area contributed by atoms with Crippen molar-refractivity contribution in [1.29, 1.82) is 0 Å². The zero-order valence-corrected chi connectivity index (χ0v) is 23.6. The van der Waals surface area contributed by atoms with Crippen molar-refractivity contribution in [2.45, 2.75) is 38.4 Å². The predicted octanol–water partition coefficient (Wildman–Crippen LogP) is 3.38. The fraction of sp³-hybridized carbons (Fsp3) is 0.333. The van der Waals surface area contributed by atoms with Crippen LogP contribution in [0.3, 0.4) is 0 Å². The maximum absolute atomic E-state index is 14.1. The first-order valence-corrected chi connectivity index (χ1v) is 13.9. The fourth-order valence-electron chi connectivity index (χ4n) is 6.26. The van der Waals surface area contributed by atoms with Gasteiger partial charge in [-0.05, 0) is 37.1 Å². The molecule has 3 aromatic rings. The summed E-state index contributed by atoms with van der Waals surface area (Å²) in [5.41, 5.74) is 1.75. The summed E-state index contributed by atoms with van der Waals surface area (Å²) in [4.78, 5) is 58.2. The second-order valence-electron chi connectivity index (χ2n) is 10.8. The van der Waals surface area contributed by atoms with Crippen molar-refractivity contribution < 1.29 is 23.9 Å². The Labute approximate surface area is 240 Å². The summed E-state index contributed by atoms with van der Waals surface area (Å²) in [6.45, 7) is 4.48. The molecule has 8 nitrogen and oxygen atoms in total. The smallest absolute Gasteiger partial charge is 0.327 e. The summed E-state index contributed by atoms with van der Waals surface area (Å²) in [7, 11) is 1.29. The molecule has 2 aliphatic rings. The second-order valence-corrected chi connectivity index (χ2v) is 10.8. The zero-order valence-electron chi connectivity index (χ0n) is 23.6. The number of benzene rings is 3. The molecule has 0 aromatic heterocycles. The van der Waals surface area contributed by atoms with E-state index in [4.69, 9.17) is 4.74 Å². The molecule has 0 spiro atoms. The minimum absolute atomic E-state index is 0.112. The third-order valence-corrected chi connectivity index (χ3v) is 8.29. The molecule has 1 N–H and O–H groups in total. The standard InChI is InChI=1S/C33H35N3O5/c1-4-35(29(37)25-17-15-22(2)16-18-25)21-26-27-28(31(39)36(30(27)38)20-24-13-9-6-10-14-24)33(34-26,32(40)41-3)19-23-11-7-5-8-12-23/h5-18,26-28,34H,4,19-21H2,1-3H3/t26-,27+,28-,33-/m1/s1. The molecule has 2 fully saturated rings. The van der Waals surface area contributed by atoms with Gasteiger partial charge in [0, 0.05) is 31.1 Å². The minimum atomic E-state index is -1.48. The number of aryl methyl sites for hydroxylation is 1.